The van der Waals surface area contributed by atoms with Gasteiger partial charge in [0.05, 0.1) is 11.8 Å². The fourth-order valence-corrected chi connectivity index (χ4v) is 2.04. The molecule has 1 aromatic rings. The number of nitrogens with zero attached hydrogens (tertiary/aromatic N) is 2. The molecule has 0 aromatic carbocycles. The molecule has 88 valence electrons. The van der Waals surface area contributed by atoms with Gasteiger partial charge in [0.15, 0.2) is 0 Å². The van der Waals surface area contributed by atoms with Crippen molar-refractivity contribution in [1.82, 2.24) is 15.1 Å². The number of carbonyl (C=O) groups excluding carboxylic acids is 1. The molecule has 1 saturated carbocycles. The fraction of sp³-hybridized carbons (Fsp3) is 0.636. The van der Waals surface area contributed by atoms with E-state index in [0.29, 0.717) is 18.4 Å². The zero-order valence-electron chi connectivity index (χ0n) is 9.53. The standard InChI is InChI=1S/C11H16FN3O/c1-7-10(6-13-15(7)2)11(16)14-9-4-3-8(12)5-9/h6,8-9H,3-5H2,1-2H3,(H,14,16)/t8-,9+/m1/s1. The Bertz CT molecular complexity index is 402. The van der Waals surface area contributed by atoms with Crippen molar-refractivity contribution in [3.05, 3.63) is 17.5 Å². The Balaban J connectivity index is 2.01. The van der Waals surface area contributed by atoms with E-state index in [1.807, 2.05) is 6.92 Å². The van der Waals surface area contributed by atoms with Crippen molar-refractivity contribution >= 4 is 5.91 Å². The van der Waals surface area contributed by atoms with Crippen molar-refractivity contribution in [3.63, 3.8) is 0 Å². The Hall–Kier alpha value is -1.39. The molecule has 5 heteroatoms. The first kappa shape index (κ1) is 11.1. The van der Waals surface area contributed by atoms with Gasteiger partial charge in [-0.2, -0.15) is 5.10 Å². The zero-order chi connectivity index (χ0) is 11.7. The largest absolute Gasteiger partial charge is 0.349 e. The molecule has 2 rings (SSSR count). The van der Waals surface area contributed by atoms with E-state index in [9.17, 15) is 9.18 Å². The highest BCUT2D eigenvalue weighted by Crippen LogP contribution is 2.22. The molecular formula is C11H16FN3O. The molecule has 0 unspecified atom stereocenters. The second-order valence-electron chi connectivity index (χ2n) is 4.35. The maximum absolute atomic E-state index is 12.9. The number of rotatable bonds is 2. The van der Waals surface area contributed by atoms with E-state index in [-0.39, 0.29) is 11.9 Å². The molecule has 1 aliphatic rings. The van der Waals surface area contributed by atoms with Crippen LogP contribution in [0.1, 0.15) is 35.3 Å². The van der Waals surface area contributed by atoms with E-state index >= 15 is 0 Å². The Labute approximate surface area is 93.8 Å². The average molecular weight is 225 g/mol. The summed E-state index contributed by atoms with van der Waals surface area (Å²) >= 11 is 0. The number of aryl methyl sites for hydroxylation is 1. The van der Waals surface area contributed by atoms with Crippen LogP contribution in [0.4, 0.5) is 4.39 Å². The molecular weight excluding hydrogens is 209 g/mol. The summed E-state index contributed by atoms with van der Waals surface area (Å²) in [5, 5.41) is 6.86. The first-order valence-electron chi connectivity index (χ1n) is 5.51. The number of halogens is 1. The topological polar surface area (TPSA) is 46.9 Å². The summed E-state index contributed by atoms with van der Waals surface area (Å²) in [4.78, 5) is 11.9. The minimum absolute atomic E-state index is 0.0258. The Morgan fingerprint density at radius 2 is 2.38 bits per heavy atom. The molecule has 0 saturated heterocycles. The molecule has 0 aliphatic heterocycles. The summed E-state index contributed by atoms with van der Waals surface area (Å²) in [6.45, 7) is 1.84. The first-order valence-corrected chi connectivity index (χ1v) is 5.51. The molecule has 0 radical (unpaired) electrons. The molecule has 2 atom stereocenters. The van der Waals surface area contributed by atoms with E-state index in [4.69, 9.17) is 0 Å². The van der Waals surface area contributed by atoms with Crippen LogP contribution in [0.2, 0.25) is 0 Å². The molecule has 1 aliphatic carbocycles. The fourth-order valence-electron chi connectivity index (χ4n) is 2.04. The van der Waals surface area contributed by atoms with Crippen LogP contribution >= 0.6 is 0 Å². The third-order valence-electron chi connectivity index (χ3n) is 3.18. The van der Waals surface area contributed by atoms with Gasteiger partial charge < -0.3 is 5.32 Å². The van der Waals surface area contributed by atoms with Gasteiger partial charge in [-0.15, -0.1) is 0 Å². The van der Waals surface area contributed by atoms with Gasteiger partial charge in [0.25, 0.3) is 5.91 Å². The van der Waals surface area contributed by atoms with Crippen molar-refractivity contribution in [2.75, 3.05) is 0 Å². The molecule has 4 nitrogen and oxygen atoms in total. The number of carbonyl (C=O) groups is 1. The summed E-state index contributed by atoms with van der Waals surface area (Å²) in [6.07, 6.45) is 2.50. The van der Waals surface area contributed by atoms with Crippen molar-refractivity contribution in [1.29, 1.82) is 0 Å². The van der Waals surface area contributed by atoms with Crippen LogP contribution in [0.25, 0.3) is 0 Å². The highest BCUT2D eigenvalue weighted by atomic mass is 19.1. The van der Waals surface area contributed by atoms with Crippen LogP contribution in [-0.4, -0.2) is 27.9 Å². The van der Waals surface area contributed by atoms with Gasteiger partial charge >= 0.3 is 0 Å². The van der Waals surface area contributed by atoms with Crippen molar-refractivity contribution < 1.29 is 9.18 Å². The molecule has 1 aromatic heterocycles. The minimum Gasteiger partial charge on any atom is -0.349 e. The van der Waals surface area contributed by atoms with E-state index in [2.05, 4.69) is 10.4 Å². The van der Waals surface area contributed by atoms with Crippen LogP contribution < -0.4 is 5.32 Å². The van der Waals surface area contributed by atoms with E-state index < -0.39 is 6.17 Å². The Kier molecular flexibility index (Phi) is 2.94. The van der Waals surface area contributed by atoms with Crippen LogP contribution in [0.5, 0.6) is 0 Å². The quantitative estimate of drug-likeness (QED) is 0.825. The minimum atomic E-state index is -0.764. The second-order valence-corrected chi connectivity index (χ2v) is 4.35. The van der Waals surface area contributed by atoms with E-state index in [1.165, 1.54) is 0 Å². The highest BCUT2D eigenvalue weighted by Gasteiger charge is 2.26. The van der Waals surface area contributed by atoms with Crippen molar-refractivity contribution in [2.24, 2.45) is 7.05 Å². The van der Waals surface area contributed by atoms with Crippen LogP contribution in [0.15, 0.2) is 6.20 Å². The van der Waals surface area contributed by atoms with Gasteiger partial charge in [-0.05, 0) is 26.2 Å². The number of aromatic nitrogens is 2. The molecule has 16 heavy (non-hydrogen) atoms. The summed E-state index contributed by atoms with van der Waals surface area (Å²) in [5.41, 5.74) is 1.40. The van der Waals surface area contributed by atoms with Gasteiger partial charge in [-0.1, -0.05) is 0 Å². The lowest BCUT2D eigenvalue weighted by molar-refractivity contribution is 0.0936. The Morgan fingerprint density at radius 1 is 1.62 bits per heavy atom. The molecule has 0 spiro atoms. The van der Waals surface area contributed by atoms with E-state index in [1.54, 1.807) is 17.9 Å². The maximum atomic E-state index is 12.9. The number of alkyl halides is 1. The number of hydrogen-bond donors (Lipinski definition) is 1. The lowest BCUT2D eigenvalue weighted by Gasteiger charge is -2.11. The van der Waals surface area contributed by atoms with Gasteiger partial charge in [-0.3, -0.25) is 9.48 Å². The number of hydrogen-bond acceptors (Lipinski definition) is 2. The van der Waals surface area contributed by atoms with Crippen molar-refractivity contribution in [2.45, 2.75) is 38.4 Å². The van der Waals surface area contributed by atoms with E-state index in [0.717, 1.165) is 12.1 Å². The molecule has 1 amide bonds. The van der Waals surface area contributed by atoms with Crippen molar-refractivity contribution in [3.8, 4) is 0 Å². The maximum Gasteiger partial charge on any atom is 0.254 e. The first-order chi connectivity index (χ1) is 7.58. The summed E-state index contributed by atoms with van der Waals surface area (Å²) in [6, 6.07) is -0.0258. The number of nitrogens with one attached hydrogen (secondary N) is 1. The molecule has 1 heterocycles. The van der Waals surface area contributed by atoms with Gasteiger partial charge in [0.1, 0.15) is 6.17 Å². The molecule has 1 fully saturated rings. The summed E-state index contributed by atoms with van der Waals surface area (Å²) < 4.78 is 14.6. The normalized spacial score (nSPS) is 24.7. The summed E-state index contributed by atoms with van der Waals surface area (Å²) in [5.74, 6) is -0.148. The third kappa shape index (κ3) is 2.08. The summed E-state index contributed by atoms with van der Waals surface area (Å²) in [7, 11) is 1.79. The van der Waals surface area contributed by atoms with Gasteiger partial charge in [-0.25, -0.2) is 4.39 Å². The zero-order valence-corrected chi connectivity index (χ0v) is 9.53. The predicted octanol–water partition coefficient (Wildman–Crippen LogP) is 1.35. The lowest BCUT2D eigenvalue weighted by Crippen LogP contribution is -2.33. The van der Waals surface area contributed by atoms with Crippen LogP contribution in [0, 0.1) is 6.92 Å². The SMILES string of the molecule is Cc1c(C(=O)N[C@H]2CC[C@@H](F)C2)cnn1C. The average Bonchev–Trinajstić information content (AvgIpc) is 2.76. The van der Waals surface area contributed by atoms with Gasteiger partial charge in [0.2, 0.25) is 0 Å². The second kappa shape index (κ2) is 4.23. The monoisotopic (exact) mass is 225 g/mol. The molecule has 1 N–H and O–H groups in total. The van der Waals surface area contributed by atoms with Gasteiger partial charge in [0, 0.05) is 18.8 Å². The molecule has 0 bridgehead atoms. The van der Waals surface area contributed by atoms with Crippen LogP contribution in [0.3, 0.4) is 0 Å². The Morgan fingerprint density at radius 3 is 2.88 bits per heavy atom. The predicted molar refractivity (Wildman–Crippen MR) is 57.9 cm³/mol. The smallest absolute Gasteiger partial charge is 0.254 e. The lowest BCUT2D eigenvalue weighted by atomic mass is 10.2. The number of amides is 1. The third-order valence-corrected chi connectivity index (χ3v) is 3.18. The van der Waals surface area contributed by atoms with Crippen LogP contribution in [-0.2, 0) is 7.05 Å². The highest BCUT2D eigenvalue weighted by molar-refractivity contribution is 5.95.